The Labute approximate surface area is 139 Å². The summed E-state index contributed by atoms with van der Waals surface area (Å²) >= 11 is 17.6. The van der Waals surface area contributed by atoms with E-state index < -0.39 is 0 Å². The molecular formula is C14H16Cl2N4S. The third-order valence-corrected chi connectivity index (χ3v) is 4.23. The van der Waals surface area contributed by atoms with Crippen molar-refractivity contribution in [2.24, 2.45) is 0 Å². The highest BCUT2D eigenvalue weighted by Crippen LogP contribution is 2.27. The third-order valence-electron chi connectivity index (χ3n) is 3.22. The summed E-state index contributed by atoms with van der Waals surface area (Å²) in [6.45, 7) is 4.42. The molecule has 0 atom stereocenters. The van der Waals surface area contributed by atoms with E-state index >= 15 is 0 Å². The van der Waals surface area contributed by atoms with Crippen LogP contribution in [0.2, 0.25) is 10.0 Å². The van der Waals surface area contributed by atoms with Crippen LogP contribution in [0.25, 0.3) is 0 Å². The number of aryl methyl sites for hydroxylation is 1. The highest BCUT2D eigenvalue weighted by atomic mass is 35.5. The summed E-state index contributed by atoms with van der Waals surface area (Å²) in [5, 5.41) is 12.4. The molecule has 0 saturated carbocycles. The van der Waals surface area contributed by atoms with Crippen molar-refractivity contribution in [2.45, 2.75) is 20.4 Å². The van der Waals surface area contributed by atoms with Crippen molar-refractivity contribution < 1.29 is 0 Å². The van der Waals surface area contributed by atoms with Gasteiger partial charge in [-0.15, -0.1) is 0 Å². The Kier molecular flexibility index (Phi) is 5.08. The molecule has 0 amide bonds. The van der Waals surface area contributed by atoms with E-state index in [4.69, 9.17) is 35.4 Å². The Balaban J connectivity index is 2.34. The lowest BCUT2D eigenvalue weighted by Crippen LogP contribution is -2.24. The maximum atomic E-state index is 6.21. The SMILES string of the molecule is CNC(=S)Nc1c(C)nn(Cc2c(Cl)cccc2Cl)c1C. The number of halogens is 2. The van der Waals surface area contributed by atoms with Gasteiger partial charge < -0.3 is 10.6 Å². The average Bonchev–Trinajstić information content (AvgIpc) is 2.70. The first-order valence-electron chi connectivity index (χ1n) is 6.39. The lowest BCUT2D eigenvalue weighted by Gasteiger charge is -2.10. The van der Waals surface area contributed by atoms with Gasteiger partial charge in [-0.1, -0.05) is 29.3 Å². The number of anilines is 1. The molecule has 0 aliphatic rings. The van der Waals surface area contributed by atoms with Crippen LogP contribution in [0.3, 0.4) is 0 Å². The number of nitrogens with zero attached hydrogens (tertiary/aromatic N) is 2. The normalized spacial score (nSPS) is 10.5. The Morgan fingerprint density at radius 2 is 1.90 bits per heavy atom. The van der Waals surface area contributed by atoms with Crippen LogP contribution < -0.4 is 10.6 Å². The predicted molar refractivity (Wildman–Crippen MR) is 92.5 cm³/mol. The van der Waals surface area contributed by atoms with E-state index in [-0.39, 0.29) is 0 Å². The summed E-state index contributed by atoms with van der Waals surface area (Å²) < 4.78 is 1.86. The second kappa shape index (κ2) is 6.64. The highest BCUT2D eigenvalue weighted by molar-refractivity contribution is 7.80. The Bertz CT molecular complexity index is 662. The molecule has 4 nitrogen and oxygen atoms in total. The van der Waals surface area contributed by atoms with Gasteiger partial charge in [-0.25, -0.2) is 0 Å². The van der Waals surface area contributed by atoms with Crippen molar-refractivity contribution in [2.75, 3.05) is 12.4 Å². The summed E-state index contributed by atoms with van der Waals surface area (Å²) in [7, 11) is 1.77. The van der Waals surface area contributed by atoms with Crippen molar-refractivity contribution in [3.05, 3.63) is 45.2 Å². The van der Waals surface area contributed by atoms with E-state index in [0.29, 0.717) is 21.7 Å². The monoisotopic (exact) mass is 342 g/mol. The number of aromatic nitrogens is 2. The molecule has 112 valence electrons. The molecule has 0 bridgehead atoms. The summed E-state index contributed by atoms with van der Waals surface area (Å²) in [5.74, 6) is 0. The van der Waals surface area contributed by atoms with Crippen molar-refractivity contribution in [1.29, 1.82) is 0 Å². The van der Waals surface area contributed by atoms with Crippen LogP contribution in [0.1, 0.15) is 17.0 Å². The minimum Gasteiger partial charge on any atom is -0.366 e. The van der Waals surface area contributed by atoms with Gasteiger partial charge in [-0.3, -0.25) is 4.68 Å². The molecule has 0 radical (unpaired) electrons. The summed E-state index contributed by atoms with van der Waals surface area (Å²) in [5.41, 5.74) is 3.60. The van der Waals surface area contributed by atoms with Gasteiger partial charge in [0, 0.05) is 22.7 Å². The third kappa shape index (κ3) is 3.48. The molecule has 0 fully saturated rings. The van der Waals surface area contributed by atoms with E-state index in [2.05, 4.69) is 15.7 Å². The Morgan fingerprint density at radius 1 is 1.29 bits per heavy atom. The molecule has 0 unspecified atom stereocenters. The van der Waals surface area contributed by atoms with Gasteiger partial charge in [0.25, 0.3) is 0 Å². The van der Waals surface area contributed by atoms with E-state index in [1.165, 1.54) is 0 Å². The first kappa shape index (κ1) is 16.1. The van der Waals surface area contributed by atoms with Crippen molar-refractivity contribution in [1.82, 2.24) is 15.1 Å². The number of thiocarbonyl (C=S) groups is 1. The van der Waals surface area contributed by atoms with E-state index in [9.17, 15) is 0 Å². The molecule has 1 aromatic heterocycles. The number of nitrogens with one attached hydrogen (secondary N) is 2. The van der Waals surface area contributed by atoms with Crippen LogP contribution in [0, 0.1) is 13.8 Å². The highest BCUT2D eigenvalue weighted by Gasteiger charge is 2.14. The van der Waals surface area contributed by atoms with Gasteiger partial charge in [0.1, 0.15) is 0 Å². The van der Waals surface area contributed by atoms with Crippen LogP contribution in [0.5, 0.6) is 0 Å². The quantitative estimate of drug-likeness (QED) is 0.833. The predicted octanol–water partition coefficient (Wildman–Crippen LogP) is 3.77. The molecule has 7 heteroatoms. The zero-order valence-electron chi connectivity index (χ0n) is 12.0. The smallest absolute Gasteiger partial charge is 0.170 e. The largest absolute Gasteiger partial charge is 0.366 e. The minimum atomic E-state index is 0.513. The molecule has 2 aromatic rings. The van der Waals surface area contributed by atoms with Crippen LogP contribution in [0.4, 0.5) is 5.69 Å². The fourth-order valence-electron chi connectivity index (χ4n) is 2.04. The zero-order valence-corrected chi connectivity index (χ0v) is 14.3. The number of hydrogen-bond acceptors (Lipinski definition) is 2. The van der Waals surface area contributed by atoms with Gasteiger partial charge in [0.2, 0.25) is 0 Å². The molecule has 1 heterocycles. The summed E-state index contributed by atoms with van der Waals surface area (Å²) in [4.78, 5) is 0. The van der Waals surface area contributed by atoms with Gasteiger partial charge in [-0.05, 0) is 38.2 Å². The lowest BCUT2D eigenvalue weighted by atomic mass is 10.2. The molecule has 1 aromatic carbocycles. The first-order valence-corrected chi connectivity index (χ1v) is 7.56. The Morgan fingerprint density at radius 3 is 2.48 bits per heavy atom. The molecule has 2 N–H and O–H groups in total. The minimum absolute atomic E-state index is 0.513. The standard InChI is InChI=1S/C14H16Cl2N4S/c1-8-13(18-14(21)17-3)9(2)20(19-8)7-10-11(15)5-4-6-12(10)16/h4-6H,7H2,1-3H3,(H2,17,18,21). The number of rotatable bonds is 3. The molecule has 0 spiro atoms. The number of hydrogen-bond donors (Lipinski definition) is 2. The van der Waals surface area contributed by atoms with Crippen molar-refractivity contribution >= 4 is 46.2 Å². The molecule has 2 rings (SSSR count). The molecular weight excluding hydrogens is 327 g/mol. The van der Waals surface area contributed by atoms with Gasteiger partial charge >= 0.3 is 0 Å². The Hall–Kier alpha value is -1.30. The van der Waals surface area contributed by atoms with Crippen LogP contribution in [0.15, 0.2) is 18.2 Å². The van der Waals surface area contributed by atoms with E-state index in [1.807, 2.05) is 36.7 Å². The fraction of sp³-hybridized carbons (Fsp3) is 0.286. The number of benzene rings is 1. The summed E-state index contributed by atoms with van der Waals surface area (Å²) in [6.07, 6.45) is 0. The second-order valence-electron chi connectivity index (χ2n) is 4.61. The zero-order chi connectivity index (χ0) is 15.6. The molecule has 0 saturated heterocycles. The first-order chi connectivity index (χ1) is 9.93. The fourth-order valence-corrected chi connectivity index (χ4v) is 2.66. The van der Waals surface area contributed by atoms with Gasteiger partial charge in [0.05, 0.1) is 23.6 Å². The lowest BCUT2D eigenvalue weighted by molar-refractivity contribution is 0.659. The molecule has 0 aliphatic heterocycles. The maximum Gasteiger partial charge on any atom is 0.170 e. The van der Waals surface area contributed by atoms with Crippen molar-refractivity contribution in [3.8, 4) is 0 Å². The second-order valence-corrected chi connectivity index (χ2v) is 5.83. The van der Waals surface area contributed by atoms with Crippen LogP contribution in [-0.2, 0) is 6.54 Å². The average molecular weight is 343 g/mol. The van der Waals surface area contributed by atoms with Gasteiger partial charge in [0.15, 0.2) is 5.11 Å². The van der Waals surface area contributed by atoms with Crippen LogP contribution in [-0.4, -0.2) is 21.9 Å². The molecule has 0 aliphatic carbocycles. The summed E-state index contributed by atoms with van der Waals surface area (Å²) in [6, 6.07) is 5.47. The van der Waals surface area contributed by atoms with Crippen LogP contribution >= 0.6 is 35.4 Å². The van der Waals surface area contributed by atoms with Crippen molar-refractivity contribution in [3.63, 3.8) is 0 Å². The van der Waals surface area contributed by atoms with E-state index in [0.717, 1.165) is 22.6 Å². The maximum absolute atomic E-state index is 6.21. The van der Waals surface area contributed by atoms with Gasteiger partial charge in [-0.2, -0.15) is 5.10 Å². The topological polar surface area (TPSA) is 41.9 Å². The molecule has 21 heavy (non-hydrogen) atoms. The van der Waals surface area contributed by atoms with E-state index in [1.54, 1.807) is 7.05 Å².